The van der Waals surface area contributed by atoms with Crippen LogP contribution in [0.4, 0.5) is 5.69 Å². The minimum Gasteiger partial charge on any atom is -0.370 e. The van der Waals surface area contributed by atoms with E-state index in [2.05, 4.69) is 17.4 Å². The normalized spacial score (nSPS) is 16.5. The summed E-state index contributed by atoms with van der Waals surface area (Å²) in [5, 5.41) is 3.11. The molecule has 24 heavy (non-hydrogen) atoms. The molecule has 126 valence electrons. The second-order valence-electron chi connectivity index (χ2n) is 5.89. The zero-order chi connectivity index (χ0) is 16.8. The third kappa shape index (κ3) is 4.38. The standard InChI is InChI=1S/C19H22N2O2S/c1-15(21-11-13-23-14-12-21)19(22)20-17-9-5-6-10-18(17)24-16-7-3-2-4-8-16/h2-10,15H,11-14H2,1H3,(H,20,22)/p+1/t15-/m1/s1. The number of rotatable bonds is 5. The average Bonchev–Trinajstić information content (AvgIpc) is 2.64. The summed E-state index contributed by atoms with van der Waals surface area (Å²) in [5.74, 6) is 0.0630. The fourth-order valence-electron chi connectivity index (χ4n) is 2.77. The van der Waals surface area contributed by atoms with Gasteiger partial charge in [0.05, 0.1) is 18.9 Å². The lowest BCUT2D eigenvalue weighted by Crippen LogP contribution is -3.18. The monoisotopic (exact) mass is 343 g/mol. The summed E-state index contributed by atoms with van der Waals surface area (Å²) in [7, 11) is 0. The number of ether oxygens (including phenoxy) is 1. The van der Waals surface area contributed by atoms with Crippen LogP contribution in [0, 0.1) is 0 Å². The fraction of sp³-hybridized carbons (Fsp3) is 0.316. The van der Waals surface area contributed by atoms with Crippen molar-refractivity contribution in [3.8, 4) is 0 Å². The molecule has 1 aliphatic rings. The number of anilines is 1. The van der Waals surface area contributed by atoms with Crippen LogP contribution < -0.4 is 10.2 Å². The number of hydrogen-bond acceptors (Lipinski definition) is 3. The van der Waals surface area contributed by atoms with Gasteiger partial charge in [-0.2, -0.15) is 0 Å². The van der Waals surface area contributed by atoms with E-state index in [1.54, 1.807) is 11.8 Å². The Kier molecular flexibility index (Phi) is 5.91. The van der Waals surface area contributed by atoms with Crippen LogP contribution >= 0.6 is 11.8 Å². The number of carbonyl (C=O) groups excluding carboxylic acids is 1. The predicted molar refractivity (Wildman–Crippen MR) is 96.6 cm³/mol. The van der Waals surface area contributed by atoms with Crippen LogP contribution in [0.25, 0.3) is 0 Å². The van der Waals surface area contributed by atoms with E-state index in [4.69, 9.17) is 4.74 Å². The van der Waals surface area contributed by atoms with Crippen LogP contribution in [0.2, 0.25) is 0 Å². The third-order valence-electron chi connectivity index (χ3n) is 4.26. The lowest BCUT2D eigenvalue weighted by atomic mass is 10.2. The van der Waals surface area contributed by atoms with Crippen LogP contribution in [-0.2, 0) is 9.53 Å². The molecule has 0 unspecified atom stereocenters. The minimum atomic E-state index is -0.0799. The molecule has 4 nitrogen and oxygen atoms in total. The zero-order valence-corrected chi connectivity index (χ0v) is 14.6. The summed E-state index contributed by atoms with van der Waals surface area (Å²) in [6.07, 6.45) is 0. The molecule has 3 rings (SSSR count). The highest BCUT2D eigenvalue weighted by molar-refractivity contribution is 7.99. The summed E-state index contributed by atoms with van der Waals surface area (Å²) in [4.78, 5) is 16.1. The van der Waals surface area contributed by atoms with Crippen molar-refractivity contribution in [3.05, 3.63) is 54.6 Å². The van der Waals surface area contributed by atoms with Gasteiger partial charge in [-0.25, -0.2) is 0 Å². The second kappa shape index (κ2) is 8.33. The van der Waals surface area contributed by atoms with Gasteiger partial charge in [0.1, 0.15) is 13.1 Å². The summed E-state index contributed by atoms with van der Waals surface area (Å²) < 4.78 is 5.38. The van der Waals surface area contributed by atoms with Gasteiger partial charge in [-0.3, -0.25) is 4.79 Å². The van der Waals surface area contributed by atoms with Crippen LogP contribution in [-0.4, -0.2) is 38.3 Å². The van der Waals surface area contributed by atoms with E-state index in [1.807, 2.05) is 49.4 Å². The Bertz CT molecular complexity index is 672. The summed E-state index contributed by atoms with van der Waals surface area (Å²) >= 11 is 1.66. The number of para-hydroxylation sites is 1. The number of quaternary nitrogens is 1. The lowest BCUT2D eigenvalue weighted by molar-refractivity contribution is -0.921. The molecule has 2 aromatic rings. The van der Waals surface area contributed by atoms with Gasteiger partial charge in [0, 0.05) is 9.79 Å². The van der Waals surface area contributed by atoms with Crippen LogP contribution in [0.5, 0.6) is 0 Å². The van der Waals surface area contributed by atoms with Crippen molar-refractivity contribution in [2.75, 3.05) is 31.6 Å². The Morgan fingerprint density at radius 3 is 2.50 bits per heavy atom. The molecule has 0 saturated carbocycles. The molecule has 0 bridgehead atoms. The van der Waals surface area contributed by atoms with Gasteiger partial charge < -0.3 is 15.0 Å². The van der Waals surface area contributed by atoms with Crippen molar-refractivity contribution in [2.45, 2.75) is 22.8 Å². The minimum absolute atomic E-state index is 0.0630. The smallest absolute Gasteiger partial charge is 0.282 e. The van der Waals surface area contributed by atoms with E-state index < -0.39 is 0 Å². The van der Waals surface area contributed by atoms with Gasteiger partial charge in [0.2, 0.25) is 0 Å². The number of benzene rings is 2. The quantitative estimate of drug-likeness (QED) is 0.874. The molecule has 0 aromatic heterocycles. The van der Waals surface area contributed by atoms with E-state index in [1.165, 1.54) is 4.90 Å². The van der Waals surface area contributed by atoms with Gasteiger partial charge in [-0.15, -0.1) is 0 Å². The molecule has 1 amide bonds. The van der Waals surface area contributed by atoms with Gasteiger partial charge in [-0.05, 0) is 31.2 Å². The predicted octanol–water partition coefficient (Wildman–Crippen LogP) is 2.08. The first-order chi connectivity index (χ1) is 11.7. The molecule has 2 aromatic carbocycles. The van der Waals surface area contributed by atoms with Crippen molar-refractivity contribution in [1.82, 2.24) is 0 Å². The van der Waals surface area contributed by atoms with Crippen molar-refractivity contribution in [3.63, 3.8) is 0 Å². The Hall–Kier alpha value is -1.82. The molecular weight excluding hydrogens is 320 g/mol. The van der Waals surface area contributed by atoms with E-state index in [0.717, 1.165) is 41.8 Å². The Morgan fingerprint density at radius 2 is 1.75 bits per heavy atom. The van der Waals surface area contributed by atoms with E-state index >= 15 is 0 Å². The molecule has 0 radical (unpaired) electrons. The summed E-state index contributed by atoms with van der Waals surface area (Å²) in [6.45, 7) is 5.22. The van der Waals surface area contributed by atoms with Crippen molar-refractivity contribution < 1.29 is 14.4 Å². The molecule has 1 fully saturated rings. The maximum atomic E-state index is 12.6. The van der Waals surface area contributed by atoms with E-state index in [9.17, 15) is 4.79 Å². The van der Waals surface area contributed by atoms with E-state index in [0.29, 0.717) is 0 Å². The first-order valence-corrected chi connectivity index (χ1v) is 9.11. The van der Waals surface area contributed by atoms with Gasteiger partial charge in [0.15, 0.2) is 6.04 Å². The van der Waals surface area contributed by atoms with Gasteiger partial charge >= 0.3 is 0 Å². The maximum Gasteiger partial charge on any atom is 0.282 e. The third-order valence-corrected chi connectivity index (χ3v) is 5.34. The molecule has 0 spiro atoms. The van der Waals surface area contributed by atoms with Crippen molar-refractivity contribution in [2.24, 2.45) is 0 Å². The second-order valence-corrected chi connectivity index (χ2v) is 7.01. The molecular formula is C19H23N2O2S+. The highest BCUT2D eigenvalue weighted by atomic mass is 32.2. The Balaban J connectivity index is 1.69. The van der Waals surface area contributed by atoms with Crippen molar-refractivity contribution in [1.29, 1.82) is 0 Å². The molecule has 1 saturated heterocycles. The molecule has 0 aliphatic carbocycles. The van der Waals surface area contributed by atoms with Gasteiger partial charge in [0.25, 0.3) is 5.91 Å². The van der Waals surface area contributed by atoms with Gasteiger partial charge in [-0.1, -0.05) is 42.1 Å². The fourth-order valence-corrected chi connectivity index (χ4v) is 3.69. The van der Waals surface area contributed by atoms with Crippen molar-refractivity contribution >= 4 is 23.4 Å². The number of morpholine rings is 1. The molecule has 1 atom stereocenters. The molecule has 2 N–H and O–H groups in total. The Labute approximate surface area is 147 Å². The zero-order valence-electron chi connectivity index (χ0n) is 13.8. The first kappa shape index (κ1) is 17.0. The number of amides is 1. The lowest BCUT2D eigenvalue weighted by Gasteiger charge is -2.28. The largest absolute Gasteiger partial charge is 0.370 e. The molecule has 5 heteroatoms. The SMILES string of the molecule is C[C@H](C(=O)Nc1ccccc1Sc1ccccc1)[NH+]1CCOCC1. The number of carbonyl (C=O) groups is 1. The summed E-state index contributed by atoms with van der Waals surface area (Å²) in [5.41, 5.74) is 0.871. The average molecular weight is 343 g/mol. The Morgan fingerprint density at radius 1 is 1.08 bits per heavy atom. The topological polar surface area (TPSA) is 42.8 Å². The van der Waals surface area contributed by atoms with Crippen LogP contribution in [0.15, 0.2) is 64.4 Å². The number of hydrogen-bond donors (Lipinski definition) is 2. The highest BCUT2D eigenvalue weighted by Gasteiger charge is 2.27. The molecule has 1 aliphatic heterocycles. The highest BCUT2D eigenvalue weighted by Crippen LogP contribution is 2.33. The van der Waals surface area contributed by atoms with Crippen LogP contribution in [0.1, 0.15) is 6.92 Å². The first-order valence-electron chi connectivity index (χ1n) is 8.29. The van der Waals surface area contributed by atoms with E-state index in [-0.39, 0.29) is 11.9 Å². The van der Waals surface area contributed by atoms with Crippen LogP contribution in [0.3, 0.4) is 0 Å². The maximum absolute atomic E-state index is 12.6. The summed E-state index contributed by atoms with van der Waals surface area (Å²) in [6, 6.07) is 18.1. The number of nitrogens with one attached hydrogen (secondary N) is 2. The molecule has 1 heterocycles.